The number of aromatic nitrogens is 4. The Morgan fingerprint density at radius 3 is 2.40 bits per heavy atom. The van der Waals surface area contributed by atoms with Gasteiger partial charge in [0.25, 0.3) is 0 Å². The van der Waals surface area contributed by atoms with Gasteiger partial charge in [0, 0.05) is 28.6 Å². The summed E-state index contributed by atoms with van der Waals surface area (Å²) >= 11 is 0. The number of hydrogen-bond donors (Lipinski definition) is 1. The number of carbonyl (C=O) groups is 2. The molecule has 30 heavy (non-hydrogen) atoms. The second-order valence-corrected chi connectivity index (χ2v) is 6.90. The highest BCUT2D eigenvalue weighted by molar-refractivity contribution is 5.95. The van der Waals surface area contributed by atoms with E-state index >= 15 is 0 Å². The number of nitrogens with zero attached hydrogens (tertiary/aromatic N) is 4. The number of carbonyl (C=O) groups excluding carboxylic acids is 2. The fourth-order valence-electron chi connectivity index (χ4n) is 3.16. The highest BCUT2D eigenvalue weighted by Gasteiger charge is 2.16. The minimum atomic E-state index is -0.446. The molecule has 8 nitrogen and oxygen atoms in total. The van der Waals surface area contributed by atoms with Crippen molar-refractivity contribution in [2.45, 2.75) is 20.4 Å². The number of aryl methyl sites for hydroxylation is 1. The Hall–Kier alpha value is -4.07. The van der Waals surface area contributed by atoms with Gasteiger partial charge in [-0.25, -0.2) is 18.9 Å². The van der Waals surface area contributed by atoms with Gasteiger partial charge in [0.2, 0.25) is 5.91 Å². The van der Waals surface area contributed by atoms with Crippen LogP contribution in [0.25, 0.3) is 17.0 Å². The van der Waals surface area contributed by atoms with Crippen LogP contribution in [0.5, 0.6) is 0 Å². The van der Waals surface area contributed by atoms with Crippen molar-refractivity contribution < 1.29 is 9.59 Å². The first-order valence-corrected chi connectivity index (χ1v) is 9.36. The van der Waals surface area contributed by atoms with E-state index in [1.807, 2.05) is 37.3 Å². The topological polar surface area (TPSA) is 98.4 Å². The fourth-order valence-corrected chi connectivity index (χ4v) is 3.16. The standard InChI is InChI=1S/C22H19N5O3/c1-14-12-19-25-26(13-20(29)24-18-10-8-16(9-11-18)15(2)28)22(30)27(19)21(23-14)17-6-4-3-5-7-17/h3-12H,13H2,1-2H3,(H,24,29). The van der Waals surface area contributed by atoms with Crippen LogP contribution in [-0.2, 0) is 11.3 Å². The quantitative estimate of drug-likeness (QED) is 0.519. The lowest BCUT2D eigenvalue weighted by Gasteiger charge is -2.05. The van der Waals surface area contributed by atoms with E-state index in [-0.39, 0.29) is 12.3 Å². The van der Waals surface area contributed by atoms with E-state index in [0.717, 1.165) is 10.2 Å². The SMILES string of the molecule is CC(=O)c1ccc(NC(=O)Cn2nc3cc(C)nc(-c4ccccc4)n3c2=O)cc1. The van der Waals surface area contributed by atoms with Crippen molar-refractivity contribution in [3.05, 3.63) is 82.4 Å². The third-order valence-electron chi connectivity index (χ3n) is 4.60. The number of fused-ring (bicyclic) bond motifs is 1. The molecule has 1 amide bonds. The Kier molecular flexibility index (Phi) is 4.97. The zero-order valence-corrected chi connectivity index (χ0v) is 16.5. The lowest BCUT2D eigenvalue weighted by molar-refractivity contribution is -0.117. The number of amides is 1. The van der Waals surface area contributed by atoms with Crippen LogP contribution in [0.4, 0.5) is 5.69 Å². The van der Waals surface area contributed by atoms with Gasteiger partial charge in [0.1, 0.15) is 12.4 Å². The highest BCUT2D eigenvalue weighted by Crippen LogP contribution is 2.17. The van der Waals surface area contributed by atoms with Crippen molar-refractivity contribution in [3.63, 3.8) is 0 Å². The molecule has 0 fully saturated rings. The van der Waals surface area contributed by atoms with E-state index in [4.69, 9.17) is 0 Å². The second kappa shape index (κ2) is 7.75. The summed E-state index contributed by atoms with van der Waals surface area (Å²) < 4.78 is 2.51. The monoisotopic (exact) mass is 401 g/mol. The van der Waals surface area contributed by atoms with E-state index in [1.165, 1.54) is 11.3 Å². The Morgan fingerprint density at radius 2 is 1.73 bits per heavy atom. The second-order valence-electron chi connectivity index (χ2n) is 6.90. The predicted octanol–water partition coefficient (Wildman–Crippen LogP) is 2.71. The van der Waals surface area contributed by atoms with Crippen molar-refractivity contribution in [2.75, 3.05) is 5.32 Å². The highest BCUT2D eigenvalue weighted by atomic mass is 16.2. The molecule has 0 aliphatic carbocycles. The average molecular weight is 401 g/mol. The maximum atomic E-state index is 12.9. The van der Waals surface area contributed by atoms with Crippen LogP contribution < -0.4 is 11.0 Å². The molecule has 0 saturated carbocycles. The molecule has 8 heteroatoms. The molecule has 1 N–H and O–H groups in total. The minimum absolute atomic E-state index is 0.0535. The van der Waals surface area contributed by atoms with E-state index in [9.17, 15) is 14.4 Å². The lowest BCUT2D eigenvalue weighted by atomic mass is 10.1. The van der Waals surface area contributed by atoms with Crippen molar-refractivity contribution in [1.82, 2.24) is 19.2 Å². The largest absolute Gasteiger partial charge is 0.352 e. The van der Waals surface area contributed by atoms with Crippen LogP contribution in [0.2, 0.25) is 0 Å². The fraction of sp³-hybridized carbons (Fsp3) is 0.136. The summed E-state index contributed by atoms with van der Waals surface area (Å²) in [6.07, 6.45) is 0. The number of nitrogens with one attached hydrogen (secondary N) is 1. The van der Waals surface area contributed by atoms with Gasteiger partial charge in [0.15, 0.2) is 11.4 Å². The van der Waals surface area contributed by atoms with Gasteiger partial charge in [-0.3, -0.25) is 9.59 Å². The molecule has 0 radical (unpaired) electrons. The normalized spacial score (nSPS) is 10.9. The zero-order chi connectivity index (χ0) is 21.3. The van der Waals surface area contributed by atoms with E-state index in [2.05, 4.69) is 15.4 Å². The molecular formula is C22H19N5O3. The molecule has 0 bridgehead atoms. The van der Waals surface area contributed by atoms with Gasteiger partial charge in [-0.05, 0) is 38.1 Å². The van der Waals surface area contributed by atoms with Gasteiger partial charge in [-0.2, -0.15) is 0 Å². The first kappa shape index (κ1) is 19.3. The van der Waals surface area contributed by atoms with Gasteiger partial charge in [0.05, 0.1) is 0 Å². The smallest absolute Gasteiger partial charge is 0.324 e. The van der Waals surface area contributed by atoms with E-state index < -0.39 is 11.6 Å². The summed E-state index contributed by atoms with van der Waals surface area (Å²) in [5, 5.41) is 7.01. The number of rotatable bonds is 5. The Bertz CT molecular complexity index is 1300. The molecule has 4 aromatic rings. The third kappa shape index (κ3) is 3.75. The summed E-state index contributed by atoms with van der Waals surface area (Å²) in [5.74, 6) is 0.0198. The number of benzene rings is 2. The number of hydrogen-bond acceptors (Lipinski definition) is 5. The van der Waals surface area contributed by atoms with Crippen molar-refractivity contribution in [3.8, 4) is 11.4 Å². The lowest BCUT2D eigenvalue weighted by Crippen LogP contribution is -2.28. The number of ketones is 1. The molecule has 0 saturated heterocycles. The molecule has 2 aromatic heterocycles. The molecule has 2 heterocycles. The maximum Gasteiger partial charge on any atom is 0.352 e. The molecular weight excluding hydrogens is 382 g/mol. The molecule has 150 valence electrons. The number of Topliss-reactive ketones (excluding diaryl/α,β-unsaturated/α-hetero) is 1. The van der Waals surface area contributed by atoms with Gasteiger partial charge >= 0.3 is 5.69 Å². The van der Waals surface area contributed by atoms with Crippen molar-refractivity contribution >= 4 is 23.0 Å². The molecule has 0 aliphatic heterocycles. The first-order chi connectivity index (χ1) is 14.4. The van der Waals surface area contributed by atoms with Crippen molar-refractivity contribution in [2.24, 2.45) is 0 Å². The Labute approximate surface area is 171 Å². The van der Waals surface area contributed by atoms with Crippen LogP contribution in [-0.4, -0.2) is 30.9 Å². The van der Waals surface area contributed by atoms with Crippen LogP contribution in [0, 0.1) is 6.92 Å². The minimum Gasteiger partial charge on any atom is -0.324 e. The van der Waals surface area contributed by atoms with Gasteiger partial charge < -0.3 is 5.32 Å². The van der Waals surface area contributed by atoms with Gasteiger partial charge in [-0.1, -0.05) is 30.3 Å². The predicted molar refractivity (Wildman–Crippen MR) is 112 cm³/mol. The summed E-state index contributed by atoms with van der Waals surface area (Å²) in [6.45, 7) is 3.05. The summed E-state index contributed by atoms with van der Waals surface area (Å²) in [4.78, 5) is 41.2. The van der Waals surface area contributed by atoms with Crippen LogP contribution >= 0.6 is 0 Å². The molecule has 0 unspecified atom stereocenters. The maximum absolute atomic E-state index is 12.9. The molecule has 2 aromatic carbocycles. The van der Waals surface area contributed by atoms with Crippen LogP contribution in [0.3, 0.4) is 0 Å². The average Bonchev–Trinajstić information content (AvgIpc) is 3.03. The van der Waals surface area contributed by atoms with Gasteiger partial charge in [-0.15, -0.1) is 5.10 Å². The third-order valence-corrected chi connectivity index (χ3v) is 4.60. The zero-order valence-electron chi connectivity index (χ0n) is 16.5. The first-order valence-electron chi connectivity index (χ1n) is 9.36. The molecule has 4 rings (SSSR count). The van der Waals surface area contributed by atoms with E-state index in [1.54, 1.807) is 30.3 Å². The van der Waals surface area contributed by atoms with Crippen LogP contribution in [0.15, 0.2) is 65.5 Å². The summed E-state index contributed by atoms with van der Waals surface area (Å²) in [7, 11) is 0. The van der Waals surface area contributed by atoms with Crippen LogP contribution in [0.1, 0.15) is 23.0 Å². The van der Waals surface area contributed by atoms with E-state index in [0.29, 0.717) is 28.4 Å². The molecule has 0 aliphatic rings. The summed E-state index contributed by atoms with van der Waals surface area (Å²) in [6, 6.07) is 17.6. The summed E-state index contributed by atoms with van der Waals surface area (Å²) in [5.41, 5.74) is 2.56. The molecule has 0 spiro atoms. The molecule has 0 atom stereocenters. The van der Waals surface area contributed by atoms with Crippen molar-refractivity contribution in [1.29, 1.82) is 0 Å². The number of anilines is 1. The Morgan fingerprint density at radius 1 is 1.03 bits per heavy atom. The Balaban J connectivity index is 1.63.